The summed E-state index contributed by atoms with van der Waals surface area (Å²) in [7, 11) is 0. The van der Waals surface area contributed by atoms with Crippen molar-refractivity contribution in [3.63, 3.8) is 0 Å². The fraction of sp³-hybridized carbons (Fsp3) is 0.286. The summed E-state index contributed by atoms with van der Waals surface area (Å²) in [6.07, 6.45) is 7.98. The second-order valence-corrected chi connectivity index (χ2v) is 9.30. The maximum atomic E-state index is 4.20. The van der Waals surface area contributed by atoms with E-state index < -0.39 is 0 Å². The lowest BCUT2D eigenvalue weighted by molar-refractivity contribution is 0.495. The van der Waals surface area contributed by atoms with Gasteiger partial charge in [-0.2, -0.15) is 0 Å². The topological polar surface area (TPSA) is 17.8 Å². The summed E-state index contributed by atoms with van der Waals surface area (Å²) in [5, 5.41) is 0. The molecule has 0 fully saturated rings. The van der Waals surface area contributed by atoms with E-state index in [1.807, 2.05) is 30.5 Å². The molecule has 0 saturated heterocycles. The molecule has 0 saturated carbocycles. The van der Waals surface area contributed by atoms with E-state index in [0.29, 0.717) is 0 Å². The van der Waals surface area contributed by atoms with Crippen molar-refractivity contribution in [2.45, 2.75) is 42.9 Å². The molecular formula is C21H23BrN2S. The molecule has 0 N–H and O–H groups in total. The second kappa shape index (κ2) is 8.24. The second-order valence-electron chi connectivity index (χ2n) is 6.73. The molecule has 0 amide bonds. The van der Waals surface area contributed by atoms with Crippen molar-refractivity contribution >= 4 is 27.7 Å². The van der Waals surface area contributed by atoms with Gasteiger partial charge < -0.3 is 4.57 Å². The van der Waals surface area contributed by atoms with Crippen molar-refractivity contribution in [2.75, 3.05) is 0 Å². The SMILES string of the molecule is Cc1ccc(SC(C)(CCc2ccc(Br)cc2)Cn2ccnc2)cc1. The number of benzene rings is 2. The molecule has 1 unspecified atom stereocenters. The molecule has 1 aromatic heterocycles. The van der Waals surface area contributed by atoms with Crippen LogP contribution in [0.3, 0.4) is 0 Å². The number of aromatic nitrogens is 2. The summed E-state index contributed by atoms with van der Waals surface area (Å²) < 4.78 is 3.41. The number of nitrogens with zero attached hydrogens (tertiary/aromatic N) is 2. The molecule has 0 aliphatic heterocycles. The Morgan fingerprint density at radius 2 is 1.80 bits per heavy atom. The van der Waals surface area contributed by atoms with Gasteiger partial charge in [-0.05, 0) is 56.5 Å². The van der Waals surface area contributed by atoms with Crippen LogP contribution in [0.5, 0.6) is 0 Å². The molecule has 0 aliphatic carbocycles. The smallest absolute Gasteiger partial charge is 0.0946 e. The first-order valence-corrected chi connectivity index (χ1v) is 10.1. The molecule has 2 aromatic carbocycles. The monoisotopic (exact) mass is 414 g/mol. The van der Waals surface area contributed by atoms with Crippen LogP contribution in [0.2, 0.25) is 0 Å². The molecule has 3 aromatic rings. The molecule has 0 radical (unpaired) electrons. The highest BCUT2D eigenvalue weighted by Gasteiger charge is 2.26. The van der Waals surface area contributed by atoms with Crippen LogP contribution in [0.25, 0.3) is 0 Å². The molecular weight excluding hydrogens is 392 g/mol. The van der Waals surface area contributed by atoms with E-state index in [0.717, 1.165) is 23.9 Å². The van der Waals surface area contributed by atoms with Gasteiger partial charge in [0.25, 0.3) is 0 Å². The summed E-state index contributed by atoms with van der Waals surface area (Å²) in [5.41, 5.74) is 2.68. The summed E-state index contributed by atoms with van der Waals surface area (Å²) in [5.74, 6) is 0. The Hall–Kier alpha value is -1.52. The Balaban J connectivity index is 1.75. The van der Waals surface area contributed by atoms with E-state index >= 15 is 0 Å². The van der Waals surface area contributed by atoms with E-state index in [-0.39, 0.29) is 4.75 Å². The maximum absolute atomic E-state index is 4.20. The van der Waals surface area contributed by atoms with Crippen LogP contribution in [-0.2, 0) is 13.0 Å². The number of aryl methyl sites for hydroxylation is 2. The van der Waals surface area contributed by atoms with Gasteiger partial charge in [0.1, 0.15) is 0 Å². The Kier molecular flexibility index (Phi) is 6.02. The third-order valence-electron chi connectivity index (χ3n) is 4.32. The average molecular weight is 415 g/mol. The van der Waals surface area contributed by atoms with Gasteiger partial charge in [-0.3, -0.25) is 0 Å². The first-order chi connectivity index (χ1) is 12.0. The Labute approximate surface area is 162 Å². The zero-order valence-electron chi connectivity index (χ0n) is 14.7. The summed E-state index contributed by atoms with van der Waals surface area (Å²) >= 11 is 5.47. The minimum atomic E-state index is 0.100. The van der Waals surface area contributed by atoms with E-state index in [1.165, 1.54) is 16.0 Å². The lowest BCUT2D eigenvalue weighted by Crippen LogP contribution is -2.27. The van der Waals surface area contributed by atoms with Crippen molar-refractivity contribution < 1.29 is 0 Å². The summed E-state index contributed by atoms with van der Waals surface area (Å²) in [6, 6.07) is 17.5. The van der Waals surface area contributed by atoms with Crippen LogP contribution in [0.4, 0.5) is 0 Å². The van der Waals surface area contributed by atoms with Crippen LogP contribution in [-0.4, -0.2) is 14.3 Å². The third-order valence-corrected chi connectivity index (χ3v) is 6.18. The largest absolute Gasteiger partial charge is 0.336 e. The zero-order valence-corrected chi connectivity index (χ0v) is 17.1. The van der Waals surface area contributed by atoms with Gasteiger partial charge in [-0.25, -0.2) is 4.98 Å². The fourth-order valence-electron chi connectivity index (χ4n) is 2.88. The number of thioether (sulfide) groups is 1. The molecule has 0 bridgehead atoms. The molecule has 3 rings (SSSR count). The number of imidazole rings is 1. The average Bonchev–Trinajstić information content (AvgIpc) is 3.09. The predicted octanol–water partition coefficient (Wildman–Crippen LogP) is 6.14. The van der Waals surface area contributed by atoms with E-state index in [4.69, 9.17) is 0 Å². The molecule has 1 heterocycles. The Bertz CT molecular complexity index is 782. The molecule has 4 heteroatoms. The third kappa shape index (κ3) is 5.48. The van der Waals surface area contributed by atoms with Gasteiger partial charge in [-0.15, -0.1) is 11.8 Å². The minimum absolute atomic E-state index is 0.100. The fourth-order valence-corrected chi connectivity index (χ4v) is 4.40. The standard InChI is InChI=1S/C21H23BrN2S/c1-17-3-9-20(10-4-17)25-21(2,15-24-14-13-23-16-24)12-11-18-5-7-19(22)8-6-18/h3-10,13-14,16H,11-12,15H2,1-2H3. The van der Waals surface area contributed by atoms with Gasteiger partial charge >= 0.3 is 0 Å². The van der Waals surface area contributed by atoms with Gasteiger partial charge in [-0.1, -0.05) is 45.8 Å². The highest BCUT2D eigenvalue weighted by Crippen LogP contribution is 2.38. The molecule has 2 nitrogen and oxygen atoms in total. The van der Waals surface area contributed by atoms with Crippen LogP contribution in [0.1, 0.15) is 24.5 Å². The van der Waals surface area contributed by atoms with Crippen LogP contribution >= 0.6 is 27.7 Å². The first kappa shape index (κ1) is 18.3. The van der Waals surface area contributed by atoms with Crippen molar-refractivity contribution in [3.8, 4) is 0 Å². The molecule has 25 heavy (non-hydrogen) atoms. The van der Waals surface area contributed by atoms with Gasteiger partial charge in [0, 0.05) is 33.1 Å². The molecule has 0 spiro atoms. The van der Waals surface area contributed by atoms with Gasteiger partial charge in [0.05, 0.1) is 6.33 Å². The van der Waals surface area contributed by atoms with Gasteiger partial charge in [0.2, 0.25) is 0 Å². The maximum Gasteiger partial charge on any atom is 0.0946 e. The normalized spacial score (nSPS) is 13.6. The number of rotatable bonds is 7. The molecule has 130 valence electrons. The number of halogens is 1. The van der Waals surface area contributed by atoms with Crippen LogP contribution in [0, 0.1) is 6.92 Å². The summed E-state index contributed by atoms with van der Waals surface area (Å²) in [6.45, 7) is 5.44. The van der Waals surface area contributed by atoms with Gasteiger partial charge in [0.15, 0.2) is 0 Å². The van der Waals surface area contributed by atoms with Crippen molar-refractivity contribution in [2.24, 2.45) is 0 Å². The van der Waals surface area contributed by atoms with Crippen LogP contribution < -0.4 is 0 Å². The van der Waals surface area contributed by atoms with E-state index in [9.17, 15) is 0 Å². The number of hydrogen-bond donors (Lipinski definition) is 0. The lowest BCUT2D eigenvalue weighted by Gasteiger charge is -2.30. The highest BCUT2D eigenvalue weighted by atomic mass is 79.9. The quantitative estimate of drug-likeness (QED) is 0.432. The number of hydrogen-bond acceptors (Lipinski definition) is 2. The summed E-state index contributed by atoms with van der Waals surface area (Å²) in [4.78, 5) is 5.52. The van der Waals surface area contributed by atoms with Crippen molar-refractivity contribution in [1.29, 1.82) is 0 Å². The Morgan fingerprint density at radius 1 is 1.08 bits per heavy atom. The zero-order chi connectivity index (χ0) is 17.7. The van der Waals surface area contributed by atoms with Crippen molar-refractivity contribution in [3.05, 3.63) is 82.9 Å². The lowest BCUT2D eigenvalue weighted by atomic mass is 10.00. The van der Waals surface area contributed by atoms with E-state index in [1.54, 1.807) is 0 Å². The Morgan fingerprint density at radius 3 is 2.44 bits per heavy atom. The van der Waals surface area contributed by atoms with Crippen molar-refractivity contribution in [1.82, 2.24) is 9.55 Å². The molecule has 0 aliphatic rings. The highest BCUT2D eigenvalue weighted by molar-refractivity contribution is 9.10. The van der Waals surface area contributed by atoms with Crippen LogP contribution in [0.15, 0.2) is 76.6 Å². The van der Waals surface area contributed by atoms with E-state index in [2.05, 4.69) is 87.9 Å². The predicted molar refractivity (Wildman–Crippen MR) is 110 cm³/mol. The first-order valence-electron chi connectivity index (χ1n) is 8.48. The minimum Gasteiger partial charge on any atom is -0.336 e. The molecule has 1 atom stereocenters.